The Morgan fingerprint density at radius 2 is 2.36 bits per heavy atom. The van der Waals surface area contributed by atoms with Crippen LogP contribution in [0.2, 0.25) is 0 Å². The molecule has 0 radical (unpaired) electrons. The third-order valence-electron chi connectivity index (χ3n) is 1.96. The van der Waals surface area contributed by atoms with Crippen LogP contribution in [0, 0.1) is 0 Å². The molecule has 1 heterocycles. The van der Waals surface area contributed by atoms with Gasteiger partial charge in [0.25, 0.3) is 0 Å². The van der Waals surface area contributed by atoms with Crippen LogP contribution in [0.15, 0.2) is 22.8 Å². The van der Waals surface area contributed by atoms with E-state index in [0.29, 0.717) is 15.6 Å². The molecule has 72 valence electrons. The van der Waals surface area contributed by atoms with Gasteiger partial charge in [-0.15, -0.1) is 0 Å². The number of hydrogen-bond donors (Lipinski definition) is 1. The molecule has 1 aromatic heterocycles. The highest BCUT2D eigenvalue weighted by atomic mass is 79.9. The lowest BCUT2D eigenvalue weighted by atomic mass is 10.1. The topological polar surface area (TPSA) is 55.0 Å². The van der Waals surface area contributed by atoms with E-state index >= 15 is 0 Å². The van der Waals surface area contributed by atoms with Crippen molar-refractivity contribution in [3.8, 4) is 0 Å². The number of fused-ring (bicyclic) bond motifs is 1. The summed E-state index contributed by atoms with van der Waals surface area (Å²) in [6, 6.07) is 3.67. The number of aromatic nitrogens is 2. The molecule has 0 saturated carbocycles. The lowest BCUT2D eigenvalue weighted by Crippen LogP contribution is -2.03. The summed E-state index contributed by atoms with van der Waals surface area (Å²) in [4.78, 5) is 11.4. The molecule has 0 unspecified atom stereocenters. The summed E-state index contributed by atoms with van der Waals surface area (Å²) in [5.41, 5.74) is 1.16. The fourth-order valence-corrected chi connectivity index (χ4v) is 1.78. The van der Waals surface area contributed by atoms with Crippen molar-refractivity contribution < 1.29 is 9.53 Å². The van der Waals surface area contributed by atoms with E-state index in [1.165, 1.54) is 7.11 Å². The van der Waals surface area contributed by atoms with Crippen molar-refractivity contribution >= 4 is 32.8 Å². The van der Waals surface area contributed by atoms with Crippen LogP contribution >= 0.6 is 15.9 Å². The summed E-state index contributed by atoms with van der Waals surface area (Å²) >= 11 is 3.29. The lowest BCUT2D eigenvalue weighted by molar-refractivity contribution is 0.0602. The number of rotatable bonds is 1. The third kappa shape index (κ3) is 1.29. The Balaban J connectivity index is 2.76. The normalized spacial score (nSPS) is 10.4. The van der Waals surface area contributed by atoms with Gasteiger partial charge in [-0.1, -0.05) is 6.07 Å². The van der Waals surface area contributed by atoms with Gasteiger partial charge in [0.15, 0.2) is 0 Å². The van der Waals surface area contributed by atoms with Crippen LogP contribution in [-0.2, 0) is 4.74 Å². The van der Waals surface area contributed by atoms with E-state index in [9.17, 15) is 4.79 Å². The largest absolute Gasteiger partial charge is 0.465 e. The molecule has 5 heteroatoms. The minimum absolute atomic E-state index is 0.383. The maximum Gasteiger partial charge on any atom is 0.341 e. The second-order valence-electron chi connectivity index (χ2n) is 2.75. The van der Waals surface area contributed by atoms with Gasteiger partial charge in [-0.05, 0) is 22.0 Å². The number of aromatic amines is 1. The van der Waals surface area contributed by atoms with Crippen molar-refractivity contribution in [2.45, 2.75) is 0 Å². The van der Waals surface area contributed by atoms with Crippen LogP contribution < -0.4 is 0 Å². The number of ether oxygens (including phenoxy) is 1. The van der Waals surface area contributed by atoms with Crippen molar-refractivity contribution in [2.24, 2.45) is 0 Å². The molecule has 1 N–H and O–H groups in total. The Labute approximate surface area is 88.4 Å². The van der Waals surface area contributed by atoms with Crippen LogP contribution in [0.1, 0.15) is 10.4 Å². The standard InChI is InChI=1S/C9H7BrN2O2/c1-14-9(13)7-6(10)3-2-5-4-11-12-8(5)7/h2-4H,1H3,(H,11,12). The van der Waals surface area contributed by atoms with E-state index in [1.807, 2.05) is 6.07 Å². The smallest absolute Gasteiger partial charge is 0.341 e. The Bertz CT molecular complexity index is 493. The Morgan fingerprint density at radius 3 is 3.07 bits per heavy atom. The average molecular weight is 255 g/mol. The van der Waals surface area contributed by atoms with Crippen molar-refractivity contribution in [3.05, 3.63) is 28.4 Å². The zero-order chi connectivity index (χ0) is 10.1. The van der Waals surface area contributed by atoms with Crippen LogP contribution in [0.5, 0.6) is 0 Å². The van der Waals surface area contributed by atoms with Crippen molar-refractivity contribution in [2.75, 3.05) is 7.11 Å². The quantitative estimate of drug-likeness (QED) is 0.794. The summed E-state index contributed by atoms with van der Waals surface area (Å²) < 4.78 is 5.37. The van der Waals surface area contributed by atoms with Crippen LogP contribution in [0.4, 0.5) is 0 Å². The number of carbonyl (C=O) groups is 1. The maximum absolute atomic E-state index is 11.4. The Kier molecular flexibility index (Phi) is 2.25. The highest BCUT2D eigenvalue weighted by Crippen LogP contribution is 2.25. The SMILES string of the molecule is COC(=O)c1c(Br)ccc2cn[nH]c12. The van der Waals surface area contributed by atoms with E-state index in [1.54, 1.807) is 12.3 Å². The molecule has 4 nitrogen and oxygen atoms in total. The van der Waals surface area contributed by atoms with Crippen molar-refractivity contribution in [1.82, 2.24) is 10.2 Å². The number of carbonyl (C=O) groups excluding carboxylic acids is 1. The zero-order valence-corrected chi connectivity index (χ0v) is 8.96. The summed E-state index contributed by atoms with van der Waals surface area (Å²) in [6.45, 7) is 0. The number of H-pyrrole nitrogens is 1. The summed E-state index contributed by atoms with van der Waals surface area (Å²) in [6.07, 6.45) is 1.66. The predicted octanol–water partition coefficient (Wildman–Crippen LogP) is 2.11. The second kappa shape index (κ2) is 3.42. The monoisotopic (exact) mass is 254 g/mol. The number of methoxy groups -OCH3 is 1. The first-order valence-corrected chi connectivity index (χ1v) is 4.73. The van der Waals surface area contributed by atoms with Gasteiger partial charge >= 0.3 is 5.97 Å². The molecule has 0 fully saturated rings. The first-order valence-electron chi connectivity index (χ1n) is 3.94. The predicted molar refractivity (Wildman–Crippen MR) is 55.1 cm³/mol. The van der Waals surface area contributed by atoms with Crippen LogP contribution in [0.3, 0.4) is 0 Å². The van der Waals surface area contributed by atoms with Gasteiger partial charge in [-0.3, -0.25) is 5.10 Å². The molecule has 0 aliphatic heterocycles. The van der Waals surface area contributed by atoms with Gasteiger partial charge in [-0.25, -0.2) is 4.79 Å². The molecule has 1 aromatic carbocycles. The van der Waals surface area contributed by atoms with Crippen molar-refractivity contribution in [1.29, 1.82) is 0 Å². The van der Waals surface area contributed by atoms with E-state index in [-0.39, 0.29) is 5.97 Å². The minimum atomic E-state index is -0.383. The molecule has 2 rings (SSSR count). The zero-order valence-electron chi connectivity index (χ0n) is 7.37. The molecule has 0 aliphatic carbocycles. The van der Waals surface area contributed by atoms with E-state index < -0.39 is 0 Å². The van der Waals surface area contributed by atoms with Gasteiger partial charge in [-0.2, -0.15) is 5.10 Å². The lowest BCUT2D eigenvalue weighted by Gasteiger charge is -2.02. The fourth-order valence-electron chi connectivity index (χ4n) is 1.29. The van der Waals surface area contributed by atoms with Crippen molar-refractivity contribution in [3.63, 3.8) is 0 Å². The number of hydrogen-bond acceptors (Lipinski definition) is 3. The molecule has 0 aliphatic rings. The average Bonchev–Trinajstić information content (AvgIpc) is 2.64. The van der Waals surface area contributed by atoms with Gasteiger partial charge in [0.05, 0.1) is 24.4 Å². The van der Waals surface area contributed by atoms with Gasteiger partial charge in [0.1, 0.15) is 0 Å². The first-order chi connectivity index (χ1) is 6.74. The first kappa shape index (κ1) is 9.21. The number of nitrogens with zero attached hydrogens (tertiary/aromatic N) is 1. The third-order valence-corrected chi connectivity index (χ3v) is 2.62. The maximum atomic E-state index is 11.4. The fraction of sp³-hybridized carbons (Fsp3) is 0.111. The molecule has 0 spiro atoms. The summed E-state index contributed by atoms with van der Waals surface area (Å²) in [7, 11) is 1.35. The van der Waals surface area contributed by atoms with E-state index in [2.05, 4.69) is 30.9 Å². The number of esters is 1. The van der Waals surface area contributed by atoms with E-state index in [0.717, 1.165) is 5.39 Å². The van der Waals surface area contributed by atoms with Gasteiger partial charge < -0.3 is 4.74 Å². The van der Waals surface area contributed by atoms with Crippen LogP contribution in [0.25, 0.3) is 10.9 Å². The number of benzene rings is 1. The molecule has 0 atom stereocenters. The van der Waals surface area contributed by atoms with Crippen LogP contribution in [-0.4, -0.2) is 23.3 Å². The Morgan fingerprint density at radius 1 is 1.57 bits per heavy atom. The highest BCUT2D eigenvalue weighted by Gasteiger charge is 2.15. The summed E-state index contributed by atoms with van der Waals surface area (Å²) in [5.74, 6) is -0.383. The number of halogens is 1. The minimum Gasteiger partial charge on any atom is -0.465 e. The Hall–Kier alpha value is -1.36. The number of nitrogens with one attached hydrogen (secondary N) is 1. The molecule has 14 heavy (non-hydrogen) atoms. The molecule has 0 saturated heterocycles. The molecule has 0 amide bonds. The highest BCUT2D eigenvalue weighted by molar-refractivity contribution is 9.10. The molecular formula is C9H7BrN2O2. The molecular weight excluding hydrogens is 248 g/mol. The van der Waals surface area contributed by atoms with Gasteiger partial charge in [0, 0.05) is 9.86 Å². The van der Waals surface area contributed by atoms with Gasteiger partial charge in [0.2, 0.25) is 0 Å². The molecule has 2 aromatic rings. The summed E-state index contributed by atoms with van der Waals surface area (Å²) in [5, 5.41) is 7.51. The van der Waals surface area contributed by atoms with E-state index in [4.69, 9.17) is 0 Å². The second-order valence-corrected chi connectivity index (χ2v) is 3.60. The molecule has 0 bridgehead atoms.